The molecule has 1 saturated heterocycles. The lowest BCUT2D eigenvalue weighted by Gasteiger charge is -2.36. The molecule has 2 unspecified atom stereocenters. The molecule has 3 atom stereocenters. The third-order valence-electron chi connectivity index (χ3n) is 3.65. The maximum atomic E-state index is 9.74. The number of rotatable bonds is 2. The highest BCUT2D eigenvalue weighted by molar-refractivity contribution is 6.33. The standard InChI is InChI=1S/C14H20ClNO2/c1-9-8-16(6-5-14(9)18)13-4-3-11(10(2)17)7-12(13)15/h3-4,7,9-10,14,17-18H,5-6,8H2,1-2H3/t9?,10-,14?/m1/s1. The number of nitrogens with zero attached hydrogens (tertiary/aromatic N) is 1. The highest BCUT2D eigenvalue weighted by Gasteiger charge is 2.25. The van der Waals surface area contributed by atoms with Gasteiger partial charge in [-0.1, -0.05) is 24.6 Å². The fraction of sp³-hybridized carbons (Fsp3) is 0.571. The SMILES string of the molecule is CC1CN(c2ccc([C@@H](C)O)cc2Cl)CCC1O. The second-order valence-corrected chi connectivity index (χ2v) is 5.57. The third-order valence-corrected chi connectivity index (χ3v) is 3.96. The van der Waals surface area contributed by atoms with Crippen LogP contribution >= 0.6 is 11.6 Å². The first-order valence-corrected chi connectivity index (χ1v) is 6.77. The molecule has 0 aromatic heterocycles. The molecule has 2 N–H and O–H groups in total. The topological polar surface area (TPSA) is 43.7 Å². The zero-order valence-electron chi connectivity index (χ0n) is 10.8. The molecule has 0 radical (unpaired) electrons. The van der Waals surface area contributed by atoms with Crippen LogP contribution < -0.4 is 4.90 Å². The summed E-state index contributed by atoms with van der Waals surface area (Å²) >= 11 is 6.28. The number of halogens is 1. The van der Waals surface area contributed by atoms with E-state index in [0.29, 0.717) is 5.02 Å². The Balaban J connectivity index is 2.19. The summed E-state index contributed by atoms with van der Waals surface area (Å²) in [7, 11) is 0. The van der Waals surface area contributed by atoms with E-state index < -0.39 is 6.10 Å². The van der Waals surface area contributed by atoms with Gasteiger partial charge in [0.05, 0.1) is 22.9 Å². The lowest BCUT2D eigenvalue weighted by atomic mass is 9.96. The van der Waals surface area contributed by atoms with Crippen LogP contribution in [0.3, 0.4) is 0 Å². The van der Waals surface area contributed by atoms with Gasteiger partial charge in [0, 0.05) is 13.1 Å². The number of hydrogen-bond acceptors (Lipinski definition) is 3. The van der Waals surface area contributed by atoms with Crippen LogP contribution in [0.15, 0.2) is 18.2 Å². The first-order valence-electron chi connectivity index (χ1n) is 6.39. The molecule has 1 aliphatic heterocycles. The minimum atomic E-state index is -0.501. The highest BCUT2D eigenvalue weighted by Crippen LogP contribution is 2.31. The molecule has 1 heterocycles. The van der Waals surface area contributed by atoms with Crippen molar-refractivity contribution in [1.29, 1.82) is 0 Å². The van der Waals surface area contributed by atoms with E-state index in [-0.39, 0.29) is 12.0 Å². The molecular weight excluding hydrogens is 250 g/mol. The van der Waals surface area contributed by atoms with Gasteiger partial charge in [0.2, 0.25) is 0 Å². The van der Waals surface area contributed by atoms with Crippen molar-refractivity contribution in [3.63, 3.8) is 0 Å². The molecule has 100 valence electrons. The molecule has 1 aromatic carbocycles. The van der Waals surface area contributed by atoms with Gasteiger partial charge in [0.15, 0.2) is 0 Å². The van der Waals surface area contributed by atoms with Gasteiger partial charge in [-0.3, -0.25) is 0 Å². The molecule has 1 aromatic rings. The maximum Gasteiger partial charge on any atom is 0.0762 e. The van der Waals surface area contributed by atoms with Crippen molar-refractivity contribution < 1.29 is 10.2 Å². The molecule has 18 heavy (non-hydrogen) atoms. The largest absolute Gasteiger partial charge is 0.393 e. The number of benzene rings is 1. The summed E-state index contributed by atoms with van der Waals surface area (Å²) in [6.45, 7) is 5.41. The molecule has 0 bridgehead atoms. The van der Waals surface area contributed by atoms with Gasteiger partial charge in [-0.25, -0.2) is 0 Å². The third kappa shape index (κ3) is 2.79. The van der Waals surface area contributed by atoms with Crippen LogP contribution in [0, 0.1) is 5.92 Å². The Kier molecular flexibility index (Phi) is 4.15. The first-order chi connectivity index (χ1) is 8.49. The number of aliphatic hydroxyl groups excluding tert-OH is 2. The summed E-state index contributed by atoms with van der Waals surface area (Å²) in [5.74, 6) is 0.256. The van der Waals surface area contributed by atoms with E-state index in [0.717, 1.165) is 30.8 Å². The van der Waals surface area contributed by atoms with Gasteiger partial charge in [-0.2, -0.15) is 0 Å². The molecule has 0 spiro atoms. The Morgan fingerprint density at radius 3 is 2.72 bits per heavy atom. The molecule has 1 aliphatic rings. The summed E-state index contributed by atoms with van der Waals surface area (Å²) in [6, 6.07) is 5.67. The molecule has 0 amide bonds. The smallest absolute Gasteiger partial charge is 0.0762 e. The Hall–Kier alpha value is -0.770. The van der Waals surface area contributed by atoms with Crippen molar-refractivity contribution in [1.82, 2.24) is 0 Å². The van der Waals surface area contributed by atoms with Crippen LogP contribution in [-0.2, 0) is 0 Å². The number of anilines is 1. The van der Waals surface area contributed by atoms with Crippen LogP contribution in [0.4, 0.5) is 5.69 Å². The molecule has 3 nitrogen and oxygen atoms in total. The Bertz CT molecular complexity index is 422. The van der Waals surface area contributed by atoms with Gasteiger partial charge >= 0.3 is 0 Å². The molecule has 2 rings (SSSR count). The van der Waals surface area contributed by atoms with Crippen LogP contribution in [0.1, 0.15) is 31.9 Å². The molecule has 1 fully saturated rings. The van der Waals surface area contributed by atoms with Gasteiger partial charge in [-0.15, -0.1) is 0 Å². The normalized spacial score (nSPS) is 26.2. The monoisotopic (exact) mass is 269 g/mol. The van der Waals surface area contributed by atoms with E-state index in [4.69, 9.17) is 11.6 Å². The molecule has 0 saturated carbocycles. The summed E-state index contributed by atoms with van der Waals surface area (Å²) in [4.78, 5) is 2.20. The van der Waals surface area contributed by atoms with Crippen molar-refractivity contribution in [2.45, 2.75) is 32.5 Å². The van der Waals surface area contributed by atoms with E-state index in [2.05, 4.69) is 11.8 Å². The Labute approximate surface area is 113 Å². The quantitative estimate of drug-likeness (QED) is 0.867. The summed E-state index contributed by atoms with van der Waals surface area (Å²) < 4.78 is 0. The predicted molar refractivity (Wildman–Crippen MR) is 74.1 cm³/mol. The van der Waals surface area contributed by atoms with Crippen LogP contribution in [0.2, 0.25) is 5.02 Å². The number of aliphatic hydroxyl groups is 2. The average Bonchev–Trinajstić information content (AvgIpc) is 2.32. The molecule has 0 aliphatic carbocycles. The van der Waals surface area contributed by atoms with E-state index in [9.17, 15) is 10.2 Å². The van der Waals surface area contributed by atoms with Crippen molar-refractivity contribution in [3.05, 3.63) is 28.8 Å². The van der Waals surface area contributed by atoms with Gasteiger partial charge in [-0.05, 0) is 37.0 Å². The van der Waals surface area contributed by atoms with Gasteiger partial charge < -0.3 is 15.1 Å². The van der Waals surface area contributed by atoms with E-state index in [1.807, 2.05) is 18.2 Å². The minimum Gasteiger partial charge on any atom is -0.393 e. The van der Waals surface area contributed by atoms with E-state index in [1.165, 1.54) is 0 Å². The van der Waals surface area contributed by atoms with Crippen molar-refractivity contribution in [2.75, 3.05) is 18.0 Å². The number of piperidine rings is 1. The fourth-order valence-corrected chi connectivity index (χ4v) is 2.70. The lowest BCUT2D eigenvalue weighted by molar-refractivity contribution is 0.0971. The predicted octanol–water partition coefficient (Wildman–Crippen LogP) is 2.60. The van der Waals surface area contributed by atoms with E-state index in [1.54, 1.807) is 6.92 Å². The molecule has 4 heteroatoms. The zero-order valence-corrected chi connectivity index (χ0v) is 11.6. The number of hydrogen-bond donors (Lipinski definition) is 2. The minimum absolute atomic E-state index is 0.211. The van der Waals surface area contributed by atoms with Crippen molar-refractivity contribution in [3.8, 4) is 0 Å². The Morgan fingerprint density at radius 1 is 1.44 bits per heavy atom. The van der Waals surface area contributed by atoms with Crippen LogP contribution in [-0.4, -0.2) is 29.4 Å². The first kappa shape index (κ1) is 13.7. The second-order valence-electron chi connectivity index (χ2n) is 5.17. The fourth-order valence-electron chi connectivity index (χ4n) is 2.39. The van der Waals surface area contributed by atoms with Crippen molar-refractivity contribution >= 4 is 17.3 Å². The average molecular weight is 270 g/mol. The Morgan fingerprint density at radius 2 is 2.17 bits per heavy atom. The maximum absolute atomic E-state index is 9.74. The summed E-state index contributed by atoms with van der Waals surface area (Å²) in [5, 5.41) is 19.9. The lowest BCUT2D eigenvalue weighted by Crippen LogP contribution is -2.42. The van der Waals surface area contributed by atoms with Gasteiger partial charge in [0.25, 0.3) is 0 Å². The zero-order chi connectivity index (χ0) is 13.3. The second kappa shape index (κ2) is 5.47. The van der Waals surface area contributed by atoms with Crippen LogP contribution in [0.25, 0.3) is 0 Å². The highest BCUT2D eigenvalue weighted by atomic mass is 35.5. The molecular formula is C14H20ClNO2. The summed E-state index contributed by atoms with van der Waals surface area (Å²) in [6.07, 6.45) is 0.0609. The van der Waals surface area contributed by atoms with Crippen LogP contribution in [0.5, 0.6) is 0 Å². The van der Waals surface area contributed by atoms with E-state index >= 15 is 0 Å². The summed E-state index contributed by atoms with van der Waals surface area (Å²) in [5.41, 5.74) is 1.81. The van der Waals surface area contributed by atoms with Crippen molar-refractivity contribution in [2.24, 2.45) is 5.92 Å². The van der Waals surface area contributed by atoms with Gasteiger partial charge in [0.1, 0.15) is 0 Å².